The second kappa shape index (κ2) is 13.1. The number of para-hydroxylation sites is 4. The van der Waals surface area contributed by atoms with E-state index in [2.05, 4.69) is 169 Å². The number of anilines is 6. The minimum atomic E-state index is 1.17. The van der Waals surface area contributed by atoms with E-state index < -0.39 is 0 Å². The van der Waals surface area contributed by atoms with E-state index in [4.69, 9.17) is 0 Å². The van der Waals surface area contributed by atoms with Crippen LogP contribution in [-0.4, -0.2) is 0 Å². The molecule has 0 N–H and O–H groups in total. The first-order chi connectivity index (χ1) is 19.7. The highest BCUT2D eigenvalue weighted by Crippen LogP contribution is 2.35. The van der Waals surface area contributed by atoms with Crippen LogP contribution in [0.1, 0.15) is 11.1 Å². The van der Waals surface area contributed by atoms with Crippen molar-refractivity contribution in [3.05, 3.63) is 181 Å². The number of nitrogens with zero attached hydrogens (tertiary/aromatic N) is 2. The second-order valence-corrected chi connectivity index (χ2v) is 9.68. The fourth-order valence-corrected chi connectivity index (χ4v) is 4.59. The molecule has 0 saturated heterocycles. The monoisotopic (exact) mass is 518 g/mol. The van der Waals surface area contributed by atoms with Gasteiger partial charge in [0.05, 0.1) is 0 Å². The van der Waals surface area contributed by atoms with Crippen LogP contribution in [0, 0.1) is 13.8 Å². The maximum absolute atomic E-state index is 2.26. The topological polar surface area (TPSA) is 6.48 Å². The van der Waals surface area contributed by atoms with E-state index in [1.807, 2.05) is 24.3 Å². The molecule has 2 heteroatoms. The van der Waals surface area contributed by atoms with Gasteiger partial charge in [-0.05, 0) is 86.6 Å². The van der Waals surface area contributed by atoms with E-state index in [0.717, 1.165) is 0 Å². The Labute approximate surface area is 238 Å². The van der Waals surface area contributed by atoms with Crippen LogP contribution < -0.4 is 9.80 Å². The average Bonchev–Trinajstić information content (AvgIpc) is 3.02. The number of hydrogen-bond donors (Lipinski definition) is 0. The van der Waals surface area contributed by atoms with Gasteiger partial charge in [0.25, 0.3) is 0 Å². The lowest BCUT2D eigenvalue weighted by Gasteiger charge is -2.25. The van der Waals surface area contributed by atoms with Crippen LogP contribution in [0.3, 0.4) is 0 Å². The number of benzene rings is 6. The summed E-state index contributed by atoms with van der Waals surface area (Å²) in [5, 5.41) is 0. The van der Waals surface area contributed by atoms with E-state index >= 15 is 0 Å². The first kappa shape index (κ1) is 26.5. The largest absolute Gasteiger partial charge is 0.311 e. The van der Waals surface area contributed by atoms with Crippen molar-refractivity contribution >= 4 is 34.1 Å². The molecule has 0 radical (unpaired) electrons. The van der Waals surface area contributed by atoms with E-state index in [0.29, 0.717) is 0 Å². The molecule has 6 aromatic rings. The van der Waals surface area contributed by atoms with Crippen LogP contribution in [0.2, 0.25) is 0 Å². The van der Waals surface area contributed by atoms with Gasteiger partial charge in [-0.3, -0.25) is 0 Å². The van der Waals surface area contributed by atoms with Gasteiger partial charge in [0, 0.05) is 34.1 Å². The van der Waals surface area contributed by atoms with Gasteiger partial charge in [-0.2, -0.15) is 0 Å². The van der Waals surface area contributed by atoms with Crippen LogP contribution >= 0.6 is 0 Å². The highest BCUT2D eigenvalue weighted by molar-refractivity contribution is 5.77. The predicted molar refractivity (Wildman–Crippen MR) is 172 cm³/mol. The smallest absolute Gasteiger partial charge is 0.0461 e. The SMILES string of the molecule is Cc1ccc(N(c2ccccc2)c2ccccc2)cc1.Cc1ccc(N(c2ccccc2)c2ccccc2)cc1. The normalized spacial score (nSPS) is 10.2. The molecule has 0 heterocycles. The summed E-state index contributed by atoms with van der Waals surface area (Å²) >= 11 is 0. The van der Waals surface area contributed by atoms with Gasteiger partial charge >= 0.3 is 0 Å². The molecule has 0 aliphatic carbocycles. The summed E-state index contributed by atoms with van der Waals surface area (Å²) in [6.07, 6.45) is 0. The van der Waals surface area contributed by atoms with Crippen molar-refractivity contribution in [3.8, 4) is 0 Å². The minimum Gasteiger partial charge on any atom is -0.311 e. The number of rotatable bonds is 6. The zero-order valence-corrected chi connectivity index (χ0v) is 23.1. The van der Waals surface area contributed by atoms with E-state index in [1.165, 1.54) is 45.3 Å². The molecule has 0 aliphatic heterocycles. The van der Waals surface area contributed by atoms with Crippen molar-refractivity contribution in [3.63, 3.8) is 0 Å². The third kappa shape index (κ3) is 6.67. The fraction of sp³-hybridized carbons (Fsp3) is 0.0526. The summed E-state index contributed by atoms with van der Waals surface area (Å²) in [4.78, 5) is 4.53. The molecule has 0 aliphatic rings. The molecule has 6 aromatic carbocycles. The third-order valence-corrected chi connectivity index (χ3v) is 6.64. The van der Waals surface area contributed by atoms with Crippen LogP contribution in [0.4, 0.5) is 34.1 Å². The maximum Gasteiger partial charge on any atom is 0.0461 e. The standard InChI is InChI=1S/2C19H17N/c2*1-16-12-14-19(15-13-16)20(17-8-4-2-5-9-17)18-10-6-3-7-11-18/h2*2-15H,1H3. The lowest BCUT2D eigenvalue weighted by molar-refractivity contribution is 1.27. The van der Waals surface area contributed by atoms with E-state index in [9.17, 15) is 0 Å². The van der Waals surface area contributed by atoms with Crippen molar-refractivity contribution in [1.29, 1.82) is 0 Å². The minimum absolute atomic E-state index is 1.17. The molecule has 0 spiro atoms. The van der Waals surface area contributed by atoms with Gasteiger partial charge < -0.3 is 9.80 Å². The Balaban J connectivity index is 0.000000161. The summed E-state index contributed by atoms with van der Waals surface area (Å²) in [5.41, 5.74) is 9.57. The number of hydrogen-bond acceptors (Lipinski definition) is 2. The van der Waals surface area contributed by atoms with Crippen molar-refractivity contribution in [2.24, 2.45) is 0 Å². The molecule has 0 atom stereocenters. The first-order valence-electron chi connectivity index (χ1n) is 13.6. The maximum atomic E-state index is 2.26. The molecule has 0 aromatic heterocycles. The summed E-state index contributed by atoms with van der Waals surface area (Å²) in [6.45, 7) is 4.22. The lowest BCUT2D eigenvalue weighted by Crippen LogP contribution is -2.09. The Morgan fingerprint density at radius 3 is 0.675 bits per heavy atom. The molecule has 0 saturated carbocycles. The highest BCUT2D eigenvalue weighted by atomic mass is 15.1. The first-order valence-corrected chi connectivity index (χ1v) is 13.6. The molecule has 196 valence electrons. The Hall–Kier alpha value is -5.08. The van der Waals surface area contributed by atoms with Crippen molar-refractivity contribution < 1.29 is 0 Å². The van der Waals surface area contributed by atoms with Gasteiger partial charge in [0.15, 0.2) is 0 Å². The van der Waals surface area contributed by atoms with Crippen LogP contribution in [0.15, 0.2) is 170 Å². The summed E-state index contributed by atoms with van der Waals surface area (Å²) < 4.78 is 0. The molecule has 0 fully saturated rings. The zero-order valence-electron chi connectivity index (χ0n) is 23.1. The van der Waals surface area contributed by atoms with E-state index in [1.54, 1.807) is 0 Å². The van der Waals surface area contributed by atoms with Crippen molar-refractivity contribution in [1.82, 2.24) is 0 Å². The van der Waals surface area contributed by atoms with Crippen molar-refractivity contribution in [2.45, 2.75) is 13.8 Å². The summed E-state index contributed by atoms with van der Waals surface area (Å²) in [6, 6.07) is 59.0. The second-order valence-electron chi connectivity index (χ2n) is 9.68. The zero-order chi connectivity index (χ0) is 27.6. The van der Waals surface area contributed by atoms with Crippen molar-refractivity contribution in [2.75, 3.05) is 9.80 Å². The Bertz CT molecular complexity index is 1360. The predicted octanol–water partition coefficient (Wildman–Crippen LogP) is 10.9. The quantitative estimate of drug-likeness (QED) is 0.216. The van der Waals surface area contributed by atoms with Gasteiger partial charge in [0.2, 0.25) is 0 Å². The van der Waals surface area contributed by atoms with Crippen LogP contribution in [0.5, 0.6) is 0 Å². The Morgan fingerprint density at radius 1 is 0.250 bits per heavy atom. The Morgan fingerprint density at radius 2 is 0.450 bits per heavy atom. The molecular formula is C38H34N2. The molecular weight excluding hydrogens is 484 g/mol. The van der Waals surface area contributed by atoms with Gasteiger partial charge in [-0.25, -0.2) is 0 Å². The van der Waals surface area contributed by atoms with Gasteiger partial charge in [0.1, 0.15) is 0 Å². The van der Waals surface area contributed by atoms with E-state index in [-0.39, 0.29) is 0 Å². The molecule has 0 bridgehead atoms. The lowest BCUT2D eigenvalue weighted by atomic mass is 10.1. The number of aryl methyl sites for hydroxylation is 2. The average molecular weight is 519 g/mol. The summed E-state index contributed by atoms with van der Waals surface area (Å²) in [5.74, 6) is 0. The molecule has 0 amide bonds. The van der Waals surface area contributed by atoms with Crippen LogP contribution in [-0.2, 0) is 0 Å². The van der Waals surface area contributed by atoms with Gasteiger partial charge in [-0.15, -0.1) is 0 Å². The molecule has 2 nitrogen and oxygen atoms in total. The fourth-order valence-electron chi connectivity index (χ4n) is 4.59. The van der Waals surface area contributed by atoms with Crippen LogP contribution in [0.25, 0.3) is 0 Å². The van der Waals surface area contributed by atoms with Gasteiger partial charge in [-0.1, -0.05) is 108 Å². The molecule has 0 unspecified atom stereocenters. The third-order valence-electron chi connectivity index (χ3n) is 6.64. The molecule has 6 rings (SSSR count). The molecule has 40 heavy (non-hydrogen) atoms. The Kier molecular flexibility index (Phi) is 8.70. The summed E-state index contributed by atoms with van der Waals surface area (Å²) in [7, 11) is 0. The highest BCUT2D eigenvalue weighted by Gasteiger charge is 2.12.